The Balaban J connectivity index is 1.86. The van der Waals surface area contributed by atoms with E-state index in [9.17, 15) is 14.7 Å². The second kappa shape index (κ2) is 9.47. The van der Waals surface area contributed by atoms with Crippen LogP contribution in [0, 0.1) is 0 Å². The summed E-state index contributed by atoms with van der Waals surface area (Å²) in [7, 11) is 1.57. The van der Waals surface area contributed by atoms with Gasteiger partial charge in [-0.2, -0.15) is 0 Å². The Morgan fingerprint density at radius 2 is 1.97 bits per heavy atom. The summed E-state index contributed by atoms with van der Waals surface area (Å²) >= 11 is 1.23. The molecule has 1 aliphatic rings. The van der Waals surface area contributed by atoms with E-state index in [0.29, 0.717) is 37.5 Å². The molecule has 0 radical (unpaired) electrons. The number of phenols is 1. The van der Waals surface area contributed by atoms with Crippen molar-refractivity contribution < 1.29 is 19.4 Å². The third-order valence-electron chi connectivity index (χ3n) is 6.11. The molecule has 1 N–H and O–H groups in total. The molecule has 4 aromatic rings. The summed E-state index contributed by atoms with van der Waals surface area (Å²) in [6.45, 7) is 3.69. The van der Waals surface area contributed by atoms with Gasteiger partial charge in [-0.15, -0.1) is 0 Å². The van der Waals surface area contributed by atoms with E-state index in [2.05, 4.69) is 4.99 Å². The monoisotopic (exact) mass is 500 g/mol. The van der Waals surface area contributed by atoms with Crippen LogP contribution in [0.15, 0.2) is 81.7 Å². The highest BCUT2D eigenvalue weighted by molar-refractivity contribution is 7.07. The number of hydrogen-bond donors (Lipinski definition) is 1. The molecule has 36 heavy (non-hydrogen) atoms. The summed E-state index contributed by atoms with van der Waals surface area (Å²) in [5.74, 6) is 0.133. The van der Waals surface area contributed by atoms with Crippen molar-refractivity contribution in [1.29, 1.82) is 0 Å². The molecule has 1 atom stereocenters. The lowest BCUT2D eigenvalue weighted by molar-refractivity contribution is -0.139. The highest BCUT2D eigenvalue weighted by Gasteiger charge is 2.36. The van der Waals surface area contributed by atoms with Gasteiger partial charge in [-0.3, -0.25) is 9.36 Å². The summed E-state index contributed by atoms with van der Waals surface area (Å²) in [5, 5.41) is 11.7. The number of carbonyl (C=O) groups excluding carboxylic acids is 1. The Kier molecular flexibility index (Phi) is 6.20. The van der Waals surface area contributed by atoms with Crippen LogP contribution in [0.3, 0.4) is 0 Å². The summed E-state index contributed by atoms with van der Waals surface area (Å²) in [6, 6.07) is 17.4. The van der Waals surface area contributed by atoms with Gasteiger partial charge in [0.2, 0.25) is 0 Å². The van der Waals surface area contributed by atoms with Gasteiger partial charge in [-0.05, 0) is 54.5 Å². The zero-order valence-electron chi connectivity index (χ0n) is 20.0. The van der Waals surface area contributed by atoms with Gasteiger partial charge in [0.05, 0.1) is 29.5 Å². The number of allylic oxidation sites excluding steroid dienone is 1. The van der Waals surface area contributed by atoms with Crippen molar-refractivity contribution in [3.63, 3.8) is 0 Å². The molecule has 0 saturated carbocycles. The highest BCUT2D eigenvalue weighted by atomic mass is 32.1. The predicted molar refractivity (Wildman–Crippen MR) is 139 cm³/mol. The van der Waals surface area contributed by atoms with E-state index in [1.807, 2.05) is 36.4 Å². The fourth-order valence-electron chi connectivity index (χ4n) is 4.57. The largest absolute Gasteiger partial charge is 0.508 e. The van der Waals surface area contributed by atoms with Crippen LogP contribution >= 0.6 is 11.3 Å². The number of hydrogen-bond acceptors (Lipinski definition) is 7. The average molecular weight is 501 g/mol. The molecule has 182 valence electrons. The van der Waals surface area contributed by atoms with E-state index in [0.717, 1.165) is 10.8 Å². The third kappa shape index (κ3) is 3.99. The Hall–Kier alpha value is -4.17. The van der Waals surface area contributed by atoms with E-state index in [-0.39, 0.29) is 17.9 Å². The predicted octanol–water partition coefficient (Wildman–Crippen LogP) is 3.67. The smallest absolute Gasteiger partial charge is 0.338 e. The van der Waals surface area contributed by atoms with Crippen molar-refractivity contribution in [2.24, 2.45) is 4.99 Å². The van der Waals surface area contributed by atoms with E-state index < -0.39 is 12.0 Å². The molecule has 5 rings (SSSR count). The molecule has 0 fully saturated rings. The summed E-state index contributed by atoms with van der Waals surface area (Å²) < 4.78 is 13.1. The van der Waals surface area contributed by atoms with E-state index in [1.165, 1.54) is 11.3 Å². The molecule has 7 nitrogen and oxygen atoms in total. The van der Waals surface area contributed by atoms with E-state index in [4.69, 9.17) is 9.47 Å². The number of benzene rings is 3. The molecule has 2 heterocycles. The van der Waals surface area contributed by atoms with Gasteiger partial charge in [-0.25, -0.2) is 9.79 Å². The fourth-order valence-corrected chi connectivity index (χ4v) is 5.61. The quantitative estimate of drug-likeness (QED) is 0.423. The SMILES string of the molecule is CCOC(=O)C1=C(C)N=c2s/c(=C/c3cccc(O)c3)c(=O)n2[C@@H]1c1c(OC)ccc2ccccc12. The average Bonchev–Trinajstić information content (AvgIpc) is 3.16. The van der Waals surface area contributed by atoms with Crippen LogP contribution in [0.4, 0.5) is 0 Å². The van der Waals surface area contributed by atoms with Gasteiger partial charge in [-0.1, -0.05) is 53.8 Å². The Morgan fingerprint density at radius 1 is 1.17 bits per heavy atom. The fraction of sp³-hybridized carbons (Fsp3) is 0.179. The van der Waals surface area contributed by atoms with Crippen molar-refractivity contribution in [3.05, 3.63) is 103 Å². The van der Waals surface area contributed by atoms with Crippen LogP contribution in [0.2, 0.25) is 0 Å². The van der Waals surface area contributed by atoms with Crippen LogP contribution in [-0.2, 0) is 9.53 Å². The maximum absolute atomic E-state index is 13.9. The van der Waals surface area contributed by atoms with Gasteiger partial charge < -0.3 is 14.6 Å². The van der Waals surface area contributed by atoms with Gasteiger partial charge in [0.15, 0.2) is 4.80 Å². The van der Waals surface area contributed by atoms with Crippen molar-refractivity contribution in [2.75, 3.05) is 13.7 Å². The van der Waals surface area contributed by atoms with Crippen LogP contribution in [0.25, 0.3) is 16.8 Å². The number of methoxy groups -OCH3 is 1. The highest BCUT2D eigenvalue weighted by Crippen LogP contribution is 2.40. The molecule has 0 amide bonds. The molecule has 0 aliphatic carbocycles. The molecular weight excluding hydrogens is 476 g/mol. The molecule has 1 aromatic heterocycles. The Morgan fingerprint density at radius 3 is 2.72 bits per heavy atom. The number of thiazole rings is 1. The zero-order valence-corrected chi connectivity index (χ0v) is 20.8. The number of aromatic nitrogens is 1. The maximum atomic E-state index is 13.9. The standard InChI is InChI=1S/C28H24N2O5S/c1-4-35-27(33)23-16(2)29-28-30(26(32)22(36-28)15-17-8-7-10-19(31)14-17)25(23)24-20-11-6-5-9-18(20)12-13-21(24)34-3/h5-15,25,31H,4H2,1-3H3/b22-15+/t25-/m0/s1. The summed E-state index contributed by atoms with van der Waals surface area (Å²) in [5.41, 5.74) is 1.86. The van der Waals surface area contributed by atoms with Crippen LogP contribution < -0.4 is 19.6 Å². The molecule has 0 unspecified atom stereocenters. The number of aromatic hydroxyl groups is 1. The minimum atomic E-state index is -0.798. The number of rotatable bonds is 5. The van der Waals surface area contributed by atoms with Gasteiger partial charge in [0.25, 0.3) is 5.56 Å². The van der Waals surface area contributed by atoms with Crippen molar-refractivity contribution in [2.45, 2.75) is 19.9 Å². The molecule has 0 saturated heterocycles. The minimum Gasteiger partial charge on any atom is -0.508 e. The molecule has 1 aliphatic heterocycles. The second-order valence-corrected chi connectivity index (χ2v) is 9.31. The number of carbonyl (C=O) groups is 1. The van der Waals surface area contributed by atoms with E-state index in [1.54, 1.807) is 55.9 Å². The first-order valence-corrected chi connectivity index (χ1v) is 12.3. The van der Waals surface area contributed by atoms with Crippen LogP contribution in [0.5, 0.6) is 11.5 Å². The molecule has 0 bridgehead atoms. The first-order chi connectivity index (χ1) is 17.4. The first kappa shape index (κ1) is 23.6. The van der Waals surface area contributed by atoms with Crippen molar-refractivity contribution in [3.8, 4) is 11.5 Å². The lowest BCUT2D eigenvalue weighted by Gasteiger charge is -2.27. The number of nitrogens with zero attached hydrogens (tertiary/aromatic N) is 2. The van der Waals surface area contributed by atoms with Crippen molar-refractivity contribution >= 4 is 34.2 Å². The number of phenolic OH excluding ortho intramolecular Hbond substituents is 1. The zero-order chi connectivity index (χ0) is 25.4. The maximum Gasteiger partial charge on any atom is 0.338 e. The molecule has 3 aromatic carbocycles. The number of esters is 1. The molecular formula is C28H24N2O5S. The lowest BCUT2D eigenvalue weighted by atomic mass is 9.90. The summed E-state index contributed by atoms with van der Waals surface area (Å²) in [6.07, 6.45) is 1.71. The number of ether oxygens (including phenoxy) is 2. The molecule has 8 heteroatoms. The lowest BCUT2D eigenvalue weighted by Crippen LogP contribution is -2.40. The third-order valence-corrected chi connectivity index (χ3v) is 7.09. The second-order valence-electron chi connectivity index (χ2n) is 8.30. The van der Waals surface area contributed by atoms with Gasteiger partial charge in [0, 0.05) is 5.56 Å². The minimum absolute atomic E-state index is 0.107. The normalized spacial score (nSPS) is 15.5. The molecule has 0 spiro atoms. The van der Waals surface area contributed by atoms with Gasteiger partial charge in [0.1, 0.15) is 17.5 Å². The summed E-state index contributed by atoms with van der Waals surface area (Å²) in [4.78, 5) is 32.2. The first-order valence-electron chi connectivity index (χ1n) is 11.5. The number of fused-ring (bicyclic) bond motifs is 2. The Labute approximate surface area is 210 Å². The van der Waals surface area contributed by atoms with E-state index >= 15 is 0 Å². The Bertz CT molecular complexity index is 1710. The van der Waals surface area contributed by atoms with Crippen molar-refractivity contribution in [1.82, 2.24) is 4.57 Å². The topological polar surface area (TPSA) is 90.1 Å². The van der Waals surface area contributed by atoms with Crippen LogP contribution in [-0.4, -0.2) is 29.4 Å². The van der Waals surface area contributed by atoms with Gasteiger partial charge >= 0.3 is 5.97 Å². The van der Waals surface area contributed by atoms with Crippen LogP contribution in [0.1, 0.15) is 31.0 Å².